The third-order valence-corrected chi connectivity index (χ3v) is 11.4. The lowest BCUT2D eigenvalue weighted by Crippen LogP contribution is -2.59. The molecule has 3 aliphatic heterocycles. The Labute approximate surface area is 237 Å². The van der Waals surface area contributed by atoms with Crippen LogP contribution in [0.4, 0.5) is 5.69 Å². The van der Waals surface area contributed by atoms with E-state index in [4.69, 9.17) is 4.74 Å². The number of benzene rings is 1. The monoisotopic (exact) mass is 604 g/mol. The summed E-state index contributed by atoms with van der Waals surface area (Å²) in [5.74, 6) is -2.42. The fourth-order valence-corrected chi connectivity index (χ4v) is 10.2. The average Bonchev–Trinajstić information content (AvgIpc) is 3.45. The number of carbonyl (C=O) groups is 3. The van der Waals surface area contributed by atoms with E-state index in [-0.39, 0.29) is 47.6 Å². The molecule has 0 saturated carbocycles. The molecule has 1 aromatic carbocycles. The number of alkyl halides is 1. The van der Waals surface area contributed by atoms with Gasteiger partial charge < -0.3 is 19.6 Å². The largest absolute Gasteiger partial charge is 0.461 e. The summed E-state index contributed by atoms with van der Waals surface area (Å²) in [6.45, 7) is 15.4. The Kier molecular flexibility index (Phi) is 8.50. The summed E-state index contributed by atoms with van der Waals surface area (Å²) in [7, 11) is 0. The van der Waals surface area contributed by atoms with Crippen LogP contribution in [0.25, 0.3) is 0 Å². The van der Waals surface area contributed by atoms with Crippen molar-refractivity contribution in [3.05, 3.63) is 54.6 Å². The SMILES string of the molecule is C=CCOC(=O)[C@H]1[C@H]2C(=O)N([C@@H](CO)C(C)C)C(C(=O)N(CC=C)c3c(C)cccc3C)C23CC(Br)[C@@H]1S3. The van der Waals surface area contributed by atoms with E-state index in [1.165, 1.54) is 6.08 Å². The van der Waals surface area contributed by atoms with Crippen molar-refractivity contribution in [1.82, 2.24) is 4.90 Å². The zero-order valence-corrected chi connectivity index (χ0v) is 24.8. The lowest BCUT2D eigenvalue weighted by atomic mass is 9.71. The molecule has 4 rings (SSSR count). The van der Waals surface area contributed by atoms with E-state index in [1.54, 1.807) is 27.6 Å². The molecule has 1 spiro atoms. The highest BCUT2D eigenvalue weighted by Crippen LogP contribution is 2.68. The number of aliphatic hydroxyl groups excluding tert-OH is 1. The quantitative estimate of drug-likeness (QED) is 0.246. The molecule has 7 nitrogen and oxygen atoms in total. The van der Waals surface area contributed by atoms with Gasteiger partial charge in [0.15, 0.2) is 0 Å². The number of carbonyl (C=O) groups excluding carboxylic acids is 3. The van der Waals surface area contributed by atoms with Gasteiger partial charge in [0.2, 0.25) is 5.91 Å². The summed E-state index contributed by atoms with van der Waals surface area (Å²) in [6, 6.07) is 4.45. The topological polar surface area (TPSA) is 87.1 Å². The standard InChI is InChI=1S/C29H37BrN2O5S/c1-7-12-31(23-17(5)10-9-11-18(23)6)27(35)25-29-14-19(30)24(38-29)21(28(36)37-13-8-2)22(29)26(34)32(25)20(15-33)16(3)4/h7-11,16,19-22,24-25,33H,1-2,12-15H2,3-6H3/t19?,20-,21-,22-,24-,25?,29?/m0/s1. The number of aryl methyl sites for hydroxylation is 2. The Morgan fingerprint density at radius 3 is 2.50 bits per heavy atom. The molecule has 7 atom stereocenters. The summed E-state index contributed by atoms with van der Waals surface area (Å²) < 4.78 is 4.63. The van der Waals surface area contributed by atoms with Crippen molar-refractivity contribution in [2.24, 2.45) is 17.8 Å². The first-order chi connectivity index (χ1) is 18.0. The van der Waals surface area contributed by atoms with E-state index >= 15 is 0 Å². The summed E-state index contributed by atoms with van der Waals surface area (Å²) in [5.41, 5.74) is 2.69. The highest BCUT2D eigenvalue weighted by Gasteiger charge is 2.76. The van der Waals surface area contributed by atoms with Crippen LogP contribution in [0.2, 0.25) is 0 Å². The second-order valence-electron chi connectivity index (χ2n) is 10.8. The molecule has 9 heteroatoms. The Hall–Kier alpha value is -2.10. The van der Waals surface area contributed by atoms with Gasteiger partial charge in [-0.2, -0.15) is 0 Å². The van der Waals surface area contributed by atoms with Crippen LogP contribution in [0.5, 0.6) is 0 Å². The minimum absolute atomic E-state index is 0.0601. The molecule has 1 N–H and O–H groups in total. The molecule has 0 aliphatic carbocycles. The fourth-order valence-electron chi connectivity index (χ4n) is 6.63. The van der Waals surface area contributed by atoms with Gasteiger partial charge in [-0.25, -0.2) is 0 Å². The average molecular weight is 606 g/mol. The zero-order chi connectivity index (χ0) is 27.9. The van der Waals surface area contributed by atoms with Gasteiger partial charge in [0.1, 0.15) is 12.6 Å². The number of amides is 2. The lowest BCUT2D eigenvalue weighted by Gasteiger charge is -2.41. The Bertz CT molecular complexity index is 1120. The first-order valence-corrected chi connectivity index (χ1v) is 14.9. The number of thioether (sulfide) groups is 1. The number of ether oxygens (including phenoxy) is 1. The number of rotatable bonds is 10. The van der Waals surface area contributed by atoms with Gasteiger partial charge in [0, 0.05) is 22.3 Å². The van der Waals surface area contributed by atoms with E-state index < -0.39 is 34.6 Å². The number of hydrogen-bond acceptors (Lipinski definition) is 6. The molecular weight excluding hydrogens is 568 g/mol. The van der Waals surface area contributed by atoms with Crippen molar-refractivity contribution in [2.75, 3.05) is 24.7 Å². The Morgan fingerprint density at radius 2 is 1.95 bits per heavy atom. The van der Waals surface area contributed by atoms with Crippen LogP contribution >= 0.6 is 27.7 Å². The van der Waals surface area contributed by atoms with Gasteiger partial charge in [-0.1, -0.05) is 66.7 Å². The van der Waals surface area contributed by atoms with Crippen molar-refractivity contribution in [2.45, 2.75) is 61.0 Å². The predicted molar refractivity (Wildman–Crippen MR) is 154 cm³/mol. The molecule has 38 heavy (non-hydrogen) atoms. The van der Waals surface area contributed by atoms with E-state index in [9.17, 15) is 19.5 Å². The molecule has 3 heterocycles. The summed E-state index contributed by atoms with van der Waals surface area (Å²) in [4.78, 5) is 45.6. The highest BCUT2D eigenvalue weighted by atomic mass is 79.9. The van der Waals surface area contributed by atoms with E-state index in [1.807, 2.05) is 45.9 Å². The molecular formula is C29H37BrN2O5S. The molecule has 3 aliphatic rings. The van der Waals surface area contributed by atoms with Crippen molar-refractivity contribution in [3.8, 4) is 0 Å². The highest BCUT2D eigenvalue weighted by molar-refractivity contribution is 9.09. The van der Waals surface area contributed by atoms with Gasteiger partial charge in [-0.15, -0.1) is 18.3 Å². The maximum atomic E-state index is 14.8. The molecule has 3 saturated heterocycles. The third kappa shape index (κ3) is 4.44. The van der Waals surface area contributed by atoms with Crippen LogP contribution in [0, 0.1) is 31.6 Å². The maximum absolute atomic E-state index is 14.8. The van der Waals surface area contributed by atoms with Crippen molar-refractivity contribution in [1.29, 1.82) is 0 Å². The number of nitrogens with zero attached hydrogens (tertiary/aromatic N) is 2. The van der Waals surface area contributed by atoms with Gasteiger partial charge in [0.05, 0.1) is 29.2 Å². The Balaban J connectivity index is 1.88. The number of esters is 1. The minimum atomic E-state index is -0.856. The van der Waals surface area contributed by atoms with Gasteiger partial charge in [-0.05, 0) is 37.3 Å². The lowest BCUT2D eigenvalue weighted by molar-refractivity contribution is -0.153. The van der Waals surface area contributed by atoms with E-state index in [0.717, 1.165) is 16.8 Å². The number of para-hydroxylation sites is 1. The molecule has 3 fully saturated rings. The van der Waals surface area contributed by atoms with Crippen molar-refractivity contribution < 1.29 is 24.2 Å². The number of likely N-dealkylation sites (tertiary alicyclic amines) is 1. The van der Waals surface area contributed by atoms with Crippen LogP contribution in [0.1, 0.15) is 31.4 Å². The normalized spacial score (nSPS) is 30.3. The second kappa shape index (κ2) is 11.2. The number of anilines is 1. The molecule has 1 aromatic rings. The van der Waals surface area contributed by atoms with Crippen LogP contribution in [-0.4, -0.2) is 74.5 Å². The van der Waals surface area contributed by atoms with E-state index in [2.05, 4.69) is 29.1 Å². The van der Waals surface area contributed by atoms with Gasteiger partial charge >= 0.3 is 5.97 Å². The van der Waals surface area contributed by atoms with Gasteiger partial charge in [0.25, 0.3) is 5.91 Å². The van der Waals surface area contributed by atoms with Crippen molar-refractivity contribution in [3.63, 3.8) is 0 Å². The van der Waals surface area contributed by atoms with Crippen molar-refractivity contribution >= 4 is 51.2 Å². The predicted octanol–water partition coefficient (Wildman–Crippen LogP) is 4.03. The fraction of sp³-hybridized carbons (Fsp3) is 0.552. The van der Waals surface area contributed by atoms with Crippen LogP contribution in [0.3, 0.4) is 0 Å². The molecule has 0 radical (unpaired) electrons. The number of halogens is 1. The maximum Gasteiger partial charge on any atom is 0.311 e. The van der Waals surface area contributed by atoms with Crippen LogP contribution < -0.4 is 4.90 Å². The number of fused-ring (bicyclic) bond motifs is 1. The zero-order valence-electron chi connectivity index (χ0n) is 22.4. The van der Waals surface area contributed by atoms with Gasteiger partial charge in [-0.3, -0.25) is 14.4 Å². The molecule has 3 unspecified atom stereocenters. The van der Waals surface area contributed by atoms with Crippen LogP contribution in [-0.2, 0) is 19.1 Å². The Morgan fingerprint density at radius 1 is 1.29 bits per heavy atom. The first-order valence-electron chi connectivity index (χ1n) is 13.1. The molecule has 2 amide bonds. The summed E-state index contributed by atoms with van der Waals surface area (Å²) in [5, 5.41) is 10.2. The first kappa shape index (κ1) is 28.9. The second-order valence-corrected chi connectivity index (χ2v) is 13.5. The third-order valence-electron chi connectivity index (χ3n) is 8.18. The molecule has 206 valence electrons. The van der Waals surface area contributed by atoms with Crippen LogP contribution in [0.15, 0.2) is 43.5 Å². The number of aliphatic hydroxyl groups is 1. The summed E-state index contributed by atoms with van der Waals surface area (Å²) in [6.07, 6.45) is 3.75. The molecule has 2 bridgehead atoms. The smallest absolute Gasteiger partial charge is 0.311 e. The summed E-state index contributed by atoms with van der Waals surface area (Å²) >= 11 is 5.33. The molecule has 0 aromatic heterocycles. The minimum Gasteiger partial charge on any atom is -0.461 e. The number of hydrogen-bond donors (Lipinski definition) is 1. The van der Waals surface area contributed by atoms with E-state index in [0.29, 0.717) is 6.42 Å².